The molecule has 2 unspecified atom stereocenters. The molecule has 0 saturated carbocycles. The number of hydrogen-bond acceptors (Lipinski definition) is 8. The number of ether oxygens (including phenoxy) is 4. The maximum Gasteiger partial charge on any atom is 0.512 e. The van der Waals surface area contributed by atoms with Gasteiger partial charge in [0.15, 0.2) is 5.60 Å². The Morgan fingerprint density at radius 1 is 0.902 bits per heavy atom. The summed E-state index contributed by atoms with van der Waals surface area (Å²) in [5.74, 6) is -0.475. The molecule has 0 aliphatic carbocycles. The summed E-state index contributed by atoms with van der Waals surface area (Å²) in [5, 5.41) is 3.43. The van der Waals surface area contributed by atoms with Crippen LogP contribution >= 0.6 is 24.0 Å². The molecular formula is C30H34Cl2N2O7. The molecule has 0 aliphatic heterocycles. The van der Waals surface area contributed by atoms with Gasteiger partial charge in [-0.15, -0.1) is 12.4 Å². The van der Waals surface area contributed by atoms with Crippen molar-refractivity contribution in [1.29, 1.82) is 0 Å². The van der Waals surface area contributed by atoms with Crippen molar-refractivity contribution in [1.82, 2.24) is 5.32 Å². The molecule has 3 N–H and O–H groups in total. The lowest BCUT2D eigenvalue weighted by atomic mass is 10.1. The van der Waals surface area contributed by atoms with Crippen LogP contribution in [-0.2, 0) is 25.4 Å². The summed E-state index contributed by atoms with van der Waals surface area (Å²) in [5.41, 5.74) is 6.55. The number of carbonyl (C=O) groups is 3. The molecule has 0 saturated heterocycles. The van der Waals surface area contributed by atoms with Crippen LogP contribution in [0.3, 0.4) is 0 Å². The Balaban J connectivity index is 0.00000588. The van der Waals surface area contributed by atoms with Crippen molar-refractivity contribution in [2.75, 3.05) is 13.1 Å². The first-order valence-corrected chi connectivity index (χ1v) is 13.1. The molecule has 0 bridgehead atoms. The van der Waals surface area contributed by atoms with E-state index < -0.39 is 30.1 Å². The Kier molecular flexibility index (Phi) is 12.9. The van der Waals surface area contributed by atoms with Crippen molar-refractivity contribution < 1.29 is 33.3 Å². The summed E-state index contributed by atoms with van der Waals surface area (Å²) < 4.78 is 21.4. The van der Waals surface area contributed by atoms with E-state index in [0.717, 1.165) is 11.1 Å². The van der Waals surface area contributed by atoms with Crippen molar-refractivity contribution in [2.45, 2.75) is 45.2 Å². The Hall–Kier alpha value is -3.79. The van der Waals surface area contributed by atoms with Crippen molar-refractivity contribution in [2.24, 2.45) is 5.73 Å². The normalized spacial score (nSPS) is 12.2. The van der Waals surface area contributed by atoms with Crippen LogP contribution in [0.5, 0.6) is 5.75 Å². The molecule has 41 heavy (non-hydrogen) atoms. The number of halogens is 2. The molecule has 0 spiro atoms. The van der Waals surface area contributed by atoms with Gasteiger partial charge in [0.2, 0.25) is 6.29 Å². The van der Waals surface area contributed by atoms with Crippen LogP contribution in [0.4, 0.5) is 4.79 Å². The Morgan fingerprint density at radius 3 is 2.15 bits per heavy atom. The SMILES string of the molecule is CC(OC(=O)OC(CN)c1ccccc1)OC(=O)C(C)(C)Oc1ccc(CCNC(=O)c2ccc(Cl)cc2)cc1.Cl. The highest BCUT2D eigenvalue weighted by molar-refractivity contribution is 6.30. The van der Waals surface area contributed by atoms with E-state index in [1.54, 1.807) is 74.5 Å². The third-order valence-electron chi connectivity index (χ3n) is 5.75. The predicted molar refractivity (Wildman–Crippen MR) is 157 cm³/mol. The summed E-state index contributed by atoms with van der Waals surface area (Å²) in [6.45, 7) is 4.98. The third-order valence-corrected chi connectivity index (χ3v) is 6.00. The number of rotatable bonds is 12. The van der Waals surface area contributed by atoms with Gasteiger partial charge in [-0.1, -0.05) is 54.1 Å². The first-order chi connectivity index (χ1) is 19.1. The van der Waals surface area contributed by atoms with Crippen molar-refractivity contribution in [3.8, 4) is 5.75 Å². The minimum absolute atomic E-state index is 0. The Bertz CT molecular complexity index is 1270. The summed E-state index contributed by atoms with van der Waals surface area (Å²) in [7, 11) is 0. The lowest BCUT2D eigenvalue weighted by molar-refractivity contribution is -0.183. The highest BCUT2D eigenvalue weighted by Crippen LogP contribution is 2.22. The average Bonchev–Trinajstić information content (AvgIpc) is 2.93. The lowest BCUT2D eigenvalue weighted by Gasteiger charge is -2.26. The van der Waals surface area contributed by atoms with Crippen molar-refractivity contribution >= 4 is 42.0 Å². The van der Waals surface area contributed by atoms with Gasteiger partial charge in [-0.3, -0.25) is 4.79 Å². The molecule has 220 valence electrons. The van der Waals surface area contributed by atoms with Gasteiger partial charge in [0.05, 0.1) is 0 Å². The van der Waals surface area contributed by atoms with E-state index in [1.165, 1.54) is 6.92 Å². The van der Waals surface area contributed by atoms with Gasteiger partial charge < -0.3 is 30.0 Å². The smallest absolute Gasteiger partial charge is 0.476 e. The molecule has 3 rings (SSSR count). The number of benzene rings is 3. The van der Waals surface area contributed by atoms with Crippen LogP contribution in [-0.4, -0.2) is 43.0 Å². The molecule has 1 amide bonds. The van der Waals surface area contributed by atoms with Gasteiger partial charge in [-0.25, -0.2) is 9.59 Å². The van der Waals surface area contributed by atoms with E-state index in [0.29, 0.717) is 29.3 Å². The van der Waals surface area contributed by atoms with Crippen LogP contribution in [0.2, 0.25) is 5.02 Å². The number of carbonyl (C=O) groups excluding carboxylic acids is 3. The summed E-state index contributed by atoms with van der Waals surface area (Å²) in [6, 6.07) is 22.8. The van der Waals surface area contributed by atoms with Crippen LogP contribution in [0, 0.1) is 0 Å². The summed E-state index contributed by atoms with van der Waals surface area (Å²) in [6.07, 6.45) is -2.33. The maximum atomic E-state index is 12.7. The zero-order valence-corrected chi connectivity index (χ0v) is 24.6. The van der Waals surface area contributed by atoms with Gasteiger partial charge in [0.1, 0.15) is 11.9 Å². The maximum absolute atomic E-state index is 12.7. The Morgan fingerprint density at radius 2 is 1.54 bits per heavy atom. The molecule has 0 aromatic heterocycles. The molecule has 0 fully saturated rings. The fraction of sp³-hybridized carbons (Fsp3) is 0.300. The molecule has 3 aromatic carbocycles. The standard InChI is InChI=1S/C30H33ClN2O7.ClH/c1-20(38-29(36)39-26(19-32)22-7-5-4-6-8-22)37-28(35)30(2,3)40-25-15-9-21(10-16-25)17-18-33-27(34)23-11-13-24(31)14-12-23;/h4-16,20,26H,17-19,32H2,1-3H3,(H,33,34);1H. The molecular weight excluding hydrogens is 571 g/mol. The Labute approximate surface area is 250 Å². The van der Waals surface area contributed by atoms with Crippen molar-refractivity contribution in [3.63, 3.8) is 0 Å². The zero-order valence-electron chi connectivity index (χ0n) is 23.0. The van der Waals surface area contributed by atoms with Crippen molar-refractivity contribution in [3.05, 3.63) is 101 Å². The van der Waals surface area contributed by atoms with E-state index in [2.05, 4.69) is 5.32 Å². The van der Waals surface area contributed by atoms with Crippen LogP contribution < -0.4 is 15.8 Å². The van der Waals surface area contributed by atoms with Crippen LogP contribution in [0.15, 0.2) is 78.9 Å². The third kappa shape index (κ3) is 10.6. The average molecular weight is 606 g/mol. The van der Waals surface area contributed by atoms with E-state index >= 15 is 0 Å². The second-order valence-electron chi connectivity index (χ2n) is 9.36. The number of hydrogen-bond donors (Lipinski definition) is 2. The molecule has 3 aromatic rings. The van der Waals surface area contributed by atoms with Gasteiger partial charge in [-0.05, 0) is 67.8 Å². The monoisotopic (exact) mass is 604 g/mol. The van der Waals surface area contributed by atoms with Crippen LogP contribution in [0.25, 0.3) is 0 Å². The fourth-order valence-electron chi connectivity index (χ4n) is 3.60. The van der Waals surface area contributed by atoms with Gasteiger partial charge >= 0.3 is 12.1 Å². The largest absolute Gasteiger partial charge is 0.512 e. The minimum atomic E-state index is -1.38. The van der Waals surface area contributed by atoms with Gasteiger partial charge in [0.25, 0.3) is 5.91 Å². The first kappa shape index (κ1) is 33.4. The lowest BCUT2D eigenvalue weighted by Crippen LogP contribution is -2.42. The van der Waals surface area contributed by atoms with Gasteiger partial charge in [0, 0.05) is 30.6 Å². The topological polar surface area (TPSA) is 126 Å². The zero-order chi connectivity index (χ0) is 29.1. The summed E-state index contributed by atoms with van der Waals surface area (Å²) in [4.78, 5) is 37.1. The quantitative estimate of drug-likeness (QED) is 0.201. The van der Waals surface area contributed by atoms with E-state index in [1.807, 2.05) is 18.2 Å². The van der Waals surface area contributed by atoms with E-state index in [4.69, 9.17) is 36.3 Å². The highest BCUT2D eigenvalue weighted by Gasteiger charge is 2.34. The summed E-state index contributed by atoms with van der Waals surface area (Å²) >= 11 is 5.85. The second kappa shape index (κ2) is 15.9. The van der Waals surface area contributed by atoms with Crippen LogP contribution in [0.1, 0.15) is 48.4 Å². The number of nitrogens with two attached hydrogens (primary N) is 1. The molecule has 0 aliphatic rings. The van der Waals surface area contributed by atoms with Gasteiger partial charge in [-0.2, -0.15) is 0 Å². The number of amides is 1. The number of esters is 1. The molecule has 2 atom stereocenters. The molecule has 0 radical (unpaired) electrons. The predicted octanol–water partition coefficient (Wildman–Crippen LogP) is 5.63. The number of nitrogens with one attached hydrogen (secondary N) is 1. The second-order valence-corrected chi connectivity index (χ2v) is 9.80. The molecule has 11 heteroatoms. The first-order valence-electron chi connectivity index (χ1n) is 12.7. The fourth-order valence-corrected chi connectivity index (χ4v) is 3.73. The molecule has 9 nitrogen and oxygen atoms in total. The highest BCUT2D eigenvalue weighted by atomic mass is 35.5. The van der Waals surface area contributed by atoms with E-state index in [9.17, 15) is 14.4 Å². The minimum Gasteiger partial charge on any atom is -0.476 e. The molecule has 0 heterocycles. The van der Waals surface area contributed by atoms with E-state index in [-0.39, 0.29) is 24.9 Å².